The molecule has 1 unspecified atom stereocenters. The monoisotopic (exact) mass is 273 g/mol. The molecule has 0 aromatic heterocycles. The molecule has 2 fully saturated rings. The summed E-state index contributed by atoms with van der Waals surface area (Å²) >= 11 is 0. The van der Waals surface area contributed by atoms with Crippen molar-refractivity contribution in [3.8, 4) is 0 Å². The van der Waals surface area contributed by atoms with Crippen molar-refractivity contribution in [3.05, 3.63) is 30.3 Å². The van der Waals surface area contributed by atoms with E-state index in [2.05, 4.69) is 19.2 Å². The van der Waals surface area contributed by atoms with E-state index < -0.39 is 0 Å². The van der Waals surface area contributed by atoms with Gasteiger partial charge < -0.3 is 4.74 Å². The van der Waals surface area contributed by atoms with Gasteiger partial charge in [-0.15, -0.1) is 0 Å². The molecule has 20 heavy (non-hydrogen) atoms. The summed E-state index contributed by atoms with van der Waals surface area (Å²) in [5.41, 5.74) is 1.12. The first-order valence-electron chi connectivity index (χ1n) is 7.55. The highest BCUT2D eigenvalue weighted by molar-refractivity contribution is 5.84. The molecule has 2 aliphatic carbocycles. The molecule has 0 saturated heterocycles. The van der Waals surface area contributed by atoms with Crippen molar-refractivity contribution in [1.82, 2.24) is 0 Å². The lowest BCUT2D eigenvalue weighted by atomic mass is 9.68. The molecular weight excluding hydrogens is 250 g/mol. The third kappa shape index (κ3) is 2.30. The molecule has 2 bridgehead atoms. The van der Waals surface area contributed by atoms with Gasteiger partial charge >= 0.3 is 6.09 Å². The van der Waals surface area contributed by atoms with E-state index in [1.165, 1.54) is 32.1 Å². The van der Waals surface area contributed by atoms with Gasteiger partial charge in [-0.25, -0.2) is 4.79 Å². The summed E-state index contributed by atoms with van der Waals surface area (Å²) in [6.45, 7) is 4.55. The van der Waals surface area contributed by atoms with Crippen LogP contribution in [-0.4, -0.2) is 12.2 Å². The van der Waals surface area contributed by atoms with E-state index in [1.807, 2.05) is 30.3 Å². The SMILES string of the molecule is C[C@]12CCC[C@](C)(CC1)C2OC(=O)Nc1ccccc1. The first-order chi connectivity index (χ1) is 9.52. The fraction of sp³-hybridized carbons (Fsp3) is 0.588. The number of anilines is 1. The molecule has 0 radical (unpaired) electrons. The Labute approximate surface area is 120 Å². The number of benzene rings is 1. The maximum atomic E-state index is 12.2. The Balaban J connectivity index is 1.69. The lowest BCUT2D eigenvalue weighted by molar-refractivity contribution is -0.0482. The third-order valence-corrected chi connectivity index (χ3v) is 5.27. The number of ether oxygens (including phenoxy) is 1. The summed E-state index contributed by atoms with van der Waals surface area (Å²) in [4.78, 5) is 12.2. The maximum absolute atomic E-state index is 12.2. The molecule has 2 saturated carbocycles. The fourth-order valence-corrected chi connectivity index (χ4v) is 4.14. The molecule has 0 aliphatic heterocycles. The average molecular weight is 273 g/mol. The molecule has 1 aromatic carbocycles. The zero-order chi connectivity index (χ0) is 14.2. The number of nitrogens with one attached hydrogen (secondary N) is 1. The Hall–Kier alpha value is -1.51. The molecule has 1 aromatic rings. The number of amides is 1. The lowest BCUT2D eigenvalue weighted by Gasteiger charge is -2.43. The van der Waals surface area contributed by atoms with Crippen molar-refractivity contribution in [1.29, 1.82) is 0 Å². The molecule has 0 spiro atoms. The van der Waals surface area contributed by atoms with Crippen molar-refractivity contribution in [3.63, 3.8) is 0 Å². The molecule has 3 nitrogen and oxygen atoms in total. The first kappa shape index (κ1) is 13.5. The zero-order valence-electron chi connectivity index (χ0n) is 12.3. The summed E-state index contributed by atoms with van der Waals surface area (Å²) in [6, 6.07) is 9.49. The van der Waals surface area contributed by atoms with Crippen LogP contribution in [0.2, 0.25) is 0 Å². The fourth-order valence-electron chi connectivity index (χ4n) is 4.14. The van der Waals surface area contributed by atoms with Crippen molar-refractivity contribution in [2.45, 2.75) is 52.1 Å². The van der Waals surface area contributed by atoms with E-state index in [0.717, 1.165) is 5.69 Å². The smallest absolute Gasteiger partial charge is 0.411 e. The van der Waals surface area contributed by atoms with Gasteiger partial charge in [-0.05, 0) is 37.8 Å². The van der Waals surface area contributed by atoms with Crippen LogP contribution in [0.1, 0.15) is 46.0 Å². The second-order valence-electron chi connectivity index (χ2n) is 6.94. The highest BCUT2D eigenvalue weighted by atomic mass is 16.6. The Morgan fingerprint density at radius 3 is 2.30 bits per heavy atom. The molecule has 3 rings (SSSR count). The van der Waals surface area contributed by atoms with Gasteiger partial charge in [-0.1, -0.05) is 38.5 Å². The summed E-state index contributed by atoms with van der Waals surface area (Å²) in [6.07, 6.45) is 5.68. The number of carbonyl (C=O) groups is 1. The summed E-state index contributed by atoms with van der Waals surface area (Å²) in [5, 5.41) is 2.83. The number of carbonyl (C=O) groups excluding carboxylic acids is 1. The zero-order valence-corrected chi connectivity index (χ0v) is 12.3. The van der Waals surface area contributed by atoms with Crippen molar-refractivity contribution >= 4 is 11.8 Å². The maximum Gasteiger partial charge on any atom is 0.411 e. The van der Waals surface area contributed by atoms with Gasteiger partial charge in [0.25, 0.3) is 0 Å². The first-order valence-corrected chi connectivity index (χ1v) is 7.55. The van der Waals surface area contributed by atoms with Crippen molar-refractivity contribution in [2.75, 3.05) is 5.32 Å². The number of fused-ring (bicyclic) bond motifs is 2. The van der Waals surface area contributed by atoms with Crippen molar-refractivity contribution in [2.24, 2.45) is 10.8 Å². The van der Waals surface area contributed by atoms with Crippen molar-refractivity contribution < 1.29 is 9.53 Å². The quantitative estimate of drug-likeness (QED) is 0.855. The standard InChI is InChI=1S/C17H23NO2/c1-16-9-6-10-17(2,12-11-16)14(16)20-15(19)18-13-7-4-3-5-8-13/h3-5,7-8,14H,6,9-12H2,1-2H3,(H,18,19)/t14?,16-,17+. The van der Waals surface area contributed by atoms with Crippen LogP contribution in [0.4, 0.5) is 10.5 Å². The van der Waals surface area contributed by atoms with Crippen LogP contribution >= 0.6 is 0 Å². The number of hydrogen-bond donors (Lipinski definition) is 1. The van der Waals surface area contributed by atoms with Gasteiger partial charge in [0.2, 0.25) is 0 Å². The van der Waals surface area contributed by atoms with Gasteiger partial charge in [-0.2, -0.15) is 0 Å². The van der Waals surface area contributed by atoms with Crippen LogP contribution in [-0.2, 0) is 4.74 Å². The highest BCUT2D eigenvalue weighted by Gasteiger charge is 2.56. The van der Waals surface area contributed by atoms with E-state index in [0.29, 0.717) is 0 Å². The largest absolute Gasteiger partial charge is 0.445 e. The number of rotatable bonds is 2. The van der Waals surface area contributed by atoms with Gasteiger partial charge in [-0.3, -0.25) is 5.32 Å². The van der Waals surface area contributed by atoms with Crippen LogP contribution in [0, 0.1) is 10.8 Å². The van der Waals surface area contributed by atoms with Crippen LogP contribution < -0.4 is 5.32 Å². The second-order valence-corrected chi connectivity index (χ2v) is 6.94. The lowest BCUT2D eigenvalue weighted by Crippen LogP contribution is -2.44. The summed E-state index contributed by atoms with van der Waals surface area (Å²) < 4.78 is 5.84. The average Bonchev–Trinajstić information content (AvgIpc) is 2.57. The summed E-state index contributed by atoms with van der Waals surface area (Å²) in [5.74, 6) is 0. The topological polar surface area (TPSA) is 38.3 Å². The predicted octanol–water partition coefficient (Wildman–Crippen LogP) is 4.59. The Bertz CT molecular complexity index is 483. The van der Waals surface area contributed by atoms with E-state index in [1.54, 1.807) is 0 Å². The van der Waals surface area contributed by atoms with Gasteiger partial charge in [0.15, 0.2) is 0 Å². The minimum Gasteiger partial charge on any atom is -0.445 e. The van der Waals surface area contributed by atoms with Crippen LogP contribution in [0.3, 0.4) is 0 Å². The second kappa shape index (κ2) is 4.80. The van der Waals surface area contributed by atoms with E-state index >= 15 is 0 Å². The molecule has 3 atom stereocenters. The van der Waals surface area contributed by atoms with Crippen LogP contribution in [0.15, 0.2) is 30.3 Å². The predicted molar refractivity (Wildman–Crippen MR) is 79.6 cm³/mol. The van der Waals surface area contributed by atoms with E-state index in [-0.39, 0.29) is 23.0 Å². The molecular formula is C17H23NO2. The summed E-state index contributed by atoms with van der Waals surface area (Å²) in [7, 11) is 0. The molecule has 1 N–H and O–H groups in total. The van der Waals surface area contributed by atoms with E-state index in [9.17, 15) is 4.79 Å². The Kier molecular flexibility index (Phi) is 3.23. The van der Waals surface area contributed by atoms with Crippen LogP contribution in [0.5, 0.6) is 0 Å². The number of hydrogen-bond acceptors (Lipinski definition) is 2. The van der Waals surface area contributed by atoms with Gasteiger partial charge in [0.05, 0.1) is 0 Å². The van der Waals surface area contributed by atoms with E-state index in [4.69, 9.17) is 4.74 Å². The highest BCUT2D eigenvalue weighted by Crippen LogP contribution is 2.59. The molecule has 0 heterocycles. The Morgan fingerprint density at radius 1 is 1.10 bits per heavy atom. The number of para-hydroxylation sites is 1. The normalized spacial score (nSPS) is 35.6. The molecule has 2 aliphatic rings. The van der Waals surface area contributed by atoms with Gasteiger partial charge in [0.1, 0.15) is 6.10 Å². The molecule has 108 valence electrons. The molecule has 1 amide bonds. The van der Waals surface area contributed by atoms with Crippen LogP contribution in [0.25, 0.3) is 0 Å². The molecule has 3 heteroatoms. The van der Waals surface area contributed by atoms with Gasteiger partial charge in [0, 0.05) is 16.5 Å². The minimum atomic E-state index is -0.317. The minimum absolute atomic E-state index is 0.0486. The third-order valence-electron chi connectivity index (χ3n) is 5.27. The Morgan fingerprint density at radius 2 is 1.70 bits per heavy atom.